The molecule has 0 saturated carbocycles. The molecule has 30 heavy (non-hydrogen) atoms. The van der Waals surface area contributed by atoms with Crippen molar-refractivity contribution in [2.75, 3.05) is 45.8 Å². The fourth-order valence-electron chi connectivity index (χ4n) is 3.25. The topological polar surface area (TPSA) is 90.7 Å². The number of hydrogen-bond acceptors (Lipinski definition) is 5. The Kier molecular flexibility index (Phi) is 12.2. The fraction of sp³-hybridized carbons (Fsp3) is 0.800. The summed E-state index contributed by atoms with van der Waals surface area (Å²) in [7, 11) is 0. The molecule has 0 spiro atoms. The molecule has 1 aliphatic heterocycles. The largest absolute Gasteiger partial charge is 0.354 e. The Morgan fingerprint density at radius 3 is 2.50 bits per heavy atom. The maximum absolute atomic E-state index is 12.0. The molecule has 1 aliphatic rings. The number of piperazine rings is 1. The summed E-state index contributed by atoms with van der Waals surface area (Å²) in [4.78, 5) is 21.3. The van der Waals surface area contributed by atoms with Crippen LogP contribution in [0.25, 0.3) is 0 Å². The van der Waals surface area contributed by atoms with Crippen LogP contribution >= 0.6 is 24.0 Å². The van der Waals surface area contributed by atoms with E-state index in [4.69, 9.17) is 4.99 Å². The minimum absolute atomic E-state index is 0. The second-order valence-corrected chi connectivity index (χ2v) is 8.26. The molecule has 1 saturated heterocycles. The first kappa shape index (κ1) is 26.6. The molecule has 0 aromatic carbocycles. The van der Waals surface area contributed by atoms with Crippen LogP contribution in [0, 0.1) is 5.92 Å². The number of guanidine groups is 1. The van der Waals surface area contributed by atoms with Crippen LogP contribution in [0.1, 0.15) is 40.4 Å². The number of nitrogens with one attached hydrogen (secondary N) is 2. The van der Waals surface area contributed by atoms with Gasteiger partial charge in [-0.05, 0) is 19.8 Å². The third kappa shape index (κ3) is 9.15. The van der Waals surface area contributed by atoms with Gasteiger partial charge in [0.2, 0.25) is 5.91 Å². The van der Waals surface area contributed by atoms with E-state index in [0.29, 0.717) is 12.5 Å². The molecule has 1 aromatic rings. The number of carbonyl (C=O) groups is 1. The highest BCUT2D eigenvalue weighted by Crippen LogP contribution is 2.04. The lowest BCUT2D eigenvalue weighted by Crippen LogP contribution is -2.54. The van der Waals surface area contributed by atoms with E-state index in [0.717, 1.165) is 64.0 Å². The highest BCUT2D eigenvalue weighted by molar-refractivity contribution is 14.0. The Morgan fingerprint density at radius 2 is 1.90 bits per heavy atom. The smallest absolute Gasteiger partial charge is 0.234 e. The van der Waals surface area contributed by atoms with Crippen molar-refractivity contribution >= 4 is 35.8 Å². The van der Waals surface area contributed by atoms with Crippen LogP contribution in [-0.2, 0) is 17.8 Å². The third-order valence-corrected chi connectivity index (χ3v) is 4.74. The first-order chi connectivity index (χ1) is 13.9. The maximum Gasteiger partial charge on any atom is 0.234 e. The number of aliphatic imine (C=N–C) groups is 1. The van der Waals surface area contributed by atoms with E-state index in [-0.39, 0.29) is 35.9 Å². The van der Waals surface area contributed by atoms with Gasteiger partial charge in [0.25, 0.3) is 0 Å². The number of rotatable bonds is 9. The van der Waals surface area contributed by atoms with Crippen molar-refractivity contribution in [3.8, 4) is 0 Å². The second kappa shape index (κ2) is 13.8. The molecular formula is C20H39IN8O. The molecule has 172 valence electrons. The highest BCUT2D eigenvalue weighted by Gasteiger charge is 2.21. The normalized spacial score (nSPS) is 15.4. The quantitative estimate of drug-likeness (QED) is 0.281. The van der Waals surface area contributed by atoms with Gasteiger partial charge in [-0.3, -0.25) is 14.7 Å². The Bertz CT molecular complexity index is 653. The molecule has 2 N–H and O–H groups in total. The molecule has 0 unspecified atom stereocenters. The van der Waals surface area contributed by atoms with Crippen molar-refractivity contribution in [1.82, 2.24) is 35.2 Å². The van der Waals surface area contributed by atoms with Crippen LogP contribution in [0.2, 0.25) is 0 Å². The average molecular weight is 534 g/mol. The van der Waals surface area contributed by atoms with Crippen molar-refractivity contribution in [3.05, 3.63) is 12.2 Å². The summed E-state index contributed by atoms with van der Waals surface area (Å²) >= 11 is 0. The van der Waals surface area contributed by atoms with Gasteiger partial charge >= 0.3 is 0 Å². The summed E-state index contributed by atoms with van der Waals surface area (Å²) in [5.41, 5.74) is 0. The second-order valence-electron chi connectivity index (χ2n) is 8.26. The molecule has 9 nitrogen and oxygen atoms in total. The lowest BCUT2D eigenvalue weighted by molar-refractivity contribution is -0.123. The summed E-state index contributed by atoms with van der Waals surface area (Å²) in [6, 6.07) is 0.182. The van der Waals surface area contributed by atoms with E-state index in [9.17, 15) is 4.79 Å². The van der Waals surface area contributed by atoms with Crippen molar-refractivity contribution < 1.29 is 4.79 Å². The fourth-order valence-corrected chi connectivity index (χ4v) is 3.25. The summed E-state index contributed by atoms with van der Waals surface area (Å²) in [6.07, 6.45) is 2.66. The van der Waals surface area contributed by atoms with Gasteiger partial charge in [-0.1, -0.05) is 20.8 Å². The molecule has 0 aliphatic carbocycles. The zero-order chi connectivity index (χ0) is 21.2. The van der Waals surface area contributed by atoms with Gasteiger partial charge in [0.15, 0.2) is 5.96 Å². The predicted molar refractivity (Wildman–Crippen MR) is 131 cm³/mol. The molecule has 1 aromatic heterocycles. The van der Waals surface area contributed by atoms with Gasteiger partial charge in [-0.15, -0.1) is 34.2 Å². The predicted octanol–water partition coefficient (Wildman–Crippen LogP) is 1.20. The van der Waals surface area contributed by atoms with Gasteiger partial charge < -0.3 is 20.1 Å². The van der Waals surface area contributed by atoms with Crippen molar-refractivity contribution in [2.24, 2.45) is 10.9 Å². The first-order valence-electron chi connectivity index (χ1n) is 10.8. The Morgan fingerprint density at radius 1 is 1.20 bits per heavy atom. The standard InChI is InChI=1S/C20H38N8O.HI/c1-6-18-25-23-15-28(18)8-7-21-20(22-13-16(2)3)27-11-9-26(10-12-27)14-19(29)24-17(4)5;/h15-17H,6-14H2,1-5H3,(H,21,22)(H,24,29);1H. The van der Waals surface area contributed by atoms with E-state index in [1.165, 1.54) is 0 Å². The Hall–Kier alpha value is -1.43. The van der Waals surface area contributed by atoms with Gasteiger partial charge in [-0.2, -0.15) is 0 Å². The average Bonchev–Trinajstić information content (AvgIpc) is 3.12. The monoisotopic (exact) mass is 534 g/mol. The Balaban J connectivity index is 0.00000450. The minimum atomic E-state index is 0. The zero-order valence-corrected chi connectivity index (χ0v) is 21.4. The van der Waals surface area contributed by atoms with Crippen LogP contribution < -0.4 is 10.6 Å². The third-order valence-electron chi connectivity index (χ3n) is 4.74. The SMILES string of the molecule is CCc1nncn1CCNC(=NCC(C)C)N1CCN(CC(=O)NC(C)C)CC1.I. The molecular weight excluding hydrogens is 495 g/mol. The molecule has 2 rings (SSSR count). The van der Waals surface area contributed by atoms with Gasteiger partial charge in [0.05, 0.1) is 6.54 Å². The van der Waals surface area contributed by atoms with Crippen molar-refractivity contribution in [2.45, 2.75) is 53.6 Å². The molecule has 1 amide bonds. The lowest BCUT2D eigenvalue weighted by atomic mass is 10.2. The van der Waals surface area contributed by atoms with E-state index < -0.39 is 0 Å². The lowest BCUT2D eigenvalue weighted by Gasteiger charge is -2.36. The number of amides is 1. The summed E-state index contributed by atoms with van der Waals surface area (Å²) in [6.45, 7) is 16.7. The van der Waals surface area contributed by atoms with Gasteiger partial charge in [0, 0.05) is 58.3 Å². The van der Waals surface area contributed by atoms with Crippen molar-refractivity contribution in [3.63, 3.8) is 0 Å². The number of hydrogen-bond donors (Lipinski definition) is 2. The summed E-state index contributed by atoms with van der Waals surface area (Å²) in [5.74, 6) is 2.56. The maximum atomic E-state index is 12.0. The number of aryl methyl sites for hydroxylation is 1. The summed E-state index contributed by atoms with van der Waals surface area (Å²) in [5, 5.41) is 14.6. The Labute approximate surface area is 198 Å². The van der Waals surface area contributed by atoms with E-state index in [1.54, 1.807) is 6.33 Å². The van der Waals surface area contributed by atoms with Gasteiger partial charge in [0.1, 0.15) is 12.2 Å². The molecule has 0 radical (unpaired) electrons. The number of halogens is 1. The first-order valence-corrected chi connectivity index (χ1v) is 10.8. The van der Waals surface area contributed by atoms with E-state index >= 15 is 0 Å². The number of nitrogens with zero attached hydrogens (tertiary/aromatic N) is 6. The molecule has 2 heterocycles. The molecule has 0 atom stereocenters. The van der Waals surface area contributed by atoms with E-state index in [1.807, 2.05) is 13.8 Å². The molecule has 0 bridgehead atoms. The highest BCUT2D eigenvalue weighted by atomic mass is 127. The van der Waals surface area contributed by atoms with Crippen LogP contribution in [0.5, 0.6) is 0 Å². The zero-order valence-electron chi connectivity index (χ0n) is 19.1. The van der Waals surface area contributed by atoms with E-state index in [2.05, 4.69) is 56.0 Å². The number of aromatic nitrogens is 3. The van der Waals surface area contributed by atoms with Crippen LogP contribution in [0.4, 0.5) is 0 Å². The van der Waals surface area contributed by atoms with Crippen LogP contribution in [-0.4, -0.2) is 88.3 Å². The number of carbonyl (C=O) groups excluding carboxylic acids is 1. The minimum Gasteiger partial charge on any atom is -0.354 e. The van der Waals surface area contributed by atoms with Crippen LogP contribution in [0.3, 0.4) is 0 Å². The molecule has 1 fully saturated rings. The van der Waals surface area contributed by atoms with Crippen LogP contribution in [0.15, 0.2) is 11.3 Å². The van der Waals surface area contributed by atoms with Crippen molar-refractivity contribution in [1.29, 1.82) is 0 Å². The molecule has 10 heteroatoms. The summed E-state index contributed by atoms with van der Waals surface area (Å²) < 4.78 is 2.08. The van der Waals surface area contributed by atoms with Gasteiger partial charge in [-0.25, -0.2) is 0 Å².